The van der Waals surface area contributed by atoms with E-state index in [1.807, 2.05) is 0 Å². The summed E-state index contributed by atoms with van der Waals surface area (Å²) in [7, 11) is 0. The van der Waals surface area contributed by atoms with Crippen LogP contribution in [0.15, 0.2) is 47.1 Å². The molecule has 3 atom stereocenters. The van der Waals surface area contributed by atoms with Gasteiger partial charge in [-0.05, 0) is 30.2 Å². The lowest BCUT2D eigenvalue weighted by Crippen LogP contribution is -2.30. The molecule has 1 saturated carbocycles. The molecule has 1 aliphatic carbocycles. The number of aliphatic hydroxyl groups excluding tert-OH is 1. The number of benzene rings is 1. The van der Waals surface area contributed by atoms with Gasteiger partial charge < -0.3 is 14.8 Å². The second-order valence-corrected chi connectivity index (χ2v) is 5.81. The SMILES string of the molecule is O=C(NC[C@H](O)c1ccccc1C(F)(F)F)[C@H]1C[C@H]1c1ccco1. The van der Waals surface area contributed by atoms with Crippen LogP contribution in [0.4, 0.5) is 13.2 Å². The Hall–Kier alpha value is -2.28. The molecule has 4 nitrogen and oxygen atoms in total. The number of carbonyl (C=O) groups excluding carboxylic acids is 1. The molecule has 1 amide bonds. The molecule has 0 spiro atoms. The van der Waals surface area contributed by atoms with E-state index in [1.165, 1.54) is 24.5 Å². The van der Waals surface area contributed by atoms with Gasteiger partial charge in [-0.25, -0.2) is 0 Å². The van der Waals surface area contributed by atoms with Crippen LogP contribution in [0.3, 0.4) is 0 Å². The third-order valence-electron chi connectivity index (χ3n) is 4.13. The van der Waals surface area contributed by atoms with Crippen LogP contribution in [0.5, 0.6) is 0 Å². The predicted octanol–water partition coefficient (Wildman–Crippen LogP) is 3.25. The molecular weight excluding hydrogens is 323 g/mol. The molecule has 0 unspecified atom stereocenters. The molecule has 24 heavy (non-hydrogen) atoms. The predicted molar refractivity (Wildman–Crippen MR) is 79.0 cm³/mol. The van der Waals surface area contributed by atoms with E-state index in [0.29, 0.717) is 6.42 Å². The van der Waals surface area contributed by atoms with Gasteiger partial charge in [0.05, 0.1) is 17.9 Å². The Kier molecular flexibility index (Phi) is 4.36. The van der Waals surface area contributed by atoms with E-state index in [-0.39, 0.29) is 29.9 Å². The van der Waals surface area contributed by atoms with Crippen molar-refractivity contribution in [2.45, 2.75) is 24.6 Å². The van der Waals surface area contributed by atoms with Crippen LogP contribution in [0.1, 0.15) is 35.3 Å². The molecule has 1 fully saturated rings. The highest BCUT2D eigenvalue weighted by molar-refractivity contribution is 5.82. The number of halogens is 3. The Bertz CT molecular complexity index is 712. The number of alkyl halides is 3. The molecule has 1 aromatic carbocycles. The summed E-state index contributed by atoms with van der Waals surface area (Å²) in [5, 5.41) is 12.5. The minimum absolute atomic E-state index is 0.000366. The summed E-state index contributed by atoms with van der Waals surface area (Å²) in [4.78, 5) is 12.0. The maximum atomic E-state index is 12.9. The molecule has 1 aliphatic rings. The summed E-state index contributed by atoms with van der Waals surface area (Å²) in [6.45, 7) is -0.271. The first-order valence-electron chi connectivity index (χ1n) is 7.53. The Morgan fingerprint density at radius 2 is 2.04 bits per heavy atom. The average molecular weight is 339 g/mol. The van der Waals surface area contributed by atoms with Crippen molar-refractivity contribution in [2.75, 3.05) is 6.54 Å². The van der Waals surface area contributed by atoms with Gasteiger partial charge in [0.2, 0.25) is 5.91 Å². The number of aliphatic hydroxyl groups is 1. The highest BCUT2D eigenvalue weighted by Gasteiger charge is 2.45. The Balaban J connectivity index is 1.59. The maximum absolute atomic E-state index is 12.9. The molecule has 128 valence electrons. The minimum atomic E-state index is -4.55. The van der Waals surface area contributed by atoms with Gasteiger partial charge >= 0.3 is 6.18 Å². The van der Waals surface area contributed by atoms with E-state index < -0.39 is 17.8 Å². The highest BCUT2D eigenvalue weighted by Crippen LogP contribution is 2.47. The third kappa shape index (κ3) is 3.46. The molecule has 2 aromatic rings. The van der Waals surface area contributed by atoms with E-state index in [2.05, 4.69) is 5.32 Å². The lowest BCUT2D eigenvalue weighted by molar-refractivity contribution is -0.139. The van der Waals surface area contributed by atoms with Crippen LogP contribution in [0.2, 0.25) is 0 Å². The maximum Gasteiger partial charge on any atom is 0.416 e. The van der Waals surface area contributed by atoms with Gasteiger partial charge in [0.15, 0.2) is 0 Å². The summed E-state index contributed by atoms with van der Waals surface area (Å²) in [5.41, 5.74) is -1.14. The van der Waals surface area contributed by atoms with Crippen molar-refractivity contribution in [1.82, 2.24) is 5.32 Å². The second-order valence-electron chi connectivity index (χ2n) is 5.81. The first-order chi connectivity index (χ1) is 11.4. The van der Waals surface area contributed by atoms with Gasteiger partial charge in [0.1, 0.15) is 5.76 Å². The molecule has 1 aromatic heterocycles. The van der Waals surface area contributed by atoms with Gasteiger partial charge in [0, 0.05) is 18.4 Å². The summed E-state index contributed by atoms with van der Waals surface area (Å²) < 4.78 is 44.1. The van der Waals surface area contributed by atoms with Crippen LogP contribution in [0, 0.1) is 5.92 Å². The van der Waals surface area contributed by atoms with Crippen LogP contribution in [0.25, 0.3) is 0 Å². The number of furan rings is 1. The van der Waals surface area contributed by atoms with E-state index in [4.69, 9.17) is 4.42 Å². The lowest BCUT2D eigenvalue weighted by atomic mass is 10.0. The molecule has 0 radical (unpaired) electrons. The summed E-state index contributed by atoms with van der Waals surface area (Å²) in [6, 6.07) is 8.32. The quantitative estimate of drug-likeness (QED) is 0.879. The van der Waals surface area contributed by atoms with Gasteiger partial charge in [-0.3, -0.25) is 4.79 Å². The largest absolute Gasteiger partial charge is 0.469 e. The molecule has 7 heteroatoms. The van der Waals surface area contributed by atoms with Crippen molar-refractivity contribution in [3.8, 4) is 0 Å². The zero-order valence-electron chi connectivity index (χ0n) is 12.6. The Morgan fingerprint density at radius 3 is 2.71 bits per heavy atom. The van der Waals surface area contributed by atoms with Crippen LogP contribution < -0.4 is 5.32 Å². The number of nitrogens with one attached hydrogen (secondary N) is 1. The average Bonchev–Trinajstić information content (AvgIpc) is 3.17. The molecule has 1 heterocycles. The first-order valence-corrected chi connectivity index (χ1v) is 7.53. The molecule has 3 rings (SSSR count). The highest BCUT2D eigenvalue weighted by atomic mass is 19.4. The third-order valence-corrected chi connectivity index (χ3v) is 4.13. The fourth-order valence-electron chi connectivity index (χ4n) is 2.79. The van der Waals surface area contributed by atoms with E-state index in [9.17, 15) is 23.1 Å². The number of hydrogen-bond acceptors (Lipinski definition) is 3. The topological polar surface area (TPSA) is 62.5 Å². The van der Waals surface area contributed by atoms with Crippen molar-refractivity contribution >= 4 is 5.91 Å². The minimum Gasteiger partial charge on any atom is -0.469 e. The van der Waals surface area contributed by atoms with E-state index in [0.717, 1.165) is 11.8 Å². The standard InChI is InChI=1S/C17H16F3NO3/c18-17(19,20)13-5-2-1-4-10(13)14(22)9-21-16(23)12-8-11(12)15-6-3-7-24-15/h1-7,11-12,14,22H,8-9H2,(H,21,23)/t11-,12+,14+/m1/s1. The number of amides is 1. The van der Waals surface area contributed by atoms with Crippen molar-refractivity contribution in [3.05, 3.63) is 59.5 Å². The van der Waals surface area contributed by atoms with E-state index in [1.54, 1.807) is 12.1 Å². The molecular formula is C17H16F3NO3. The van der Waals surface area contributed by atoms with Crippen molar-refractivity contribution in [3.63, 3.8) is 0 Å². The second kappa shape index (κ2) is 6.32. The van der Waals surface area contributed by atoms with Gasteiger partial charge in [-0.2, -0.15) is 13.2 Å². The molecule has 0 aliphatic heterocycles. The fraction of sp³-hybridized carbons (Fsp3) is 0.353. The summed E-state index contributed by atoms with van der Waals surface area (Å²) in [6.07, 6.45) is -3.81. The van der Waals surface area contributed by atoms with Crippen LogP contribution >= 0.6 is 0 Å². The smallest absolute Gasteiger partial charge is 0.416 e. The first kappa shape index (κ1) is 16.6. The Morgan fingerprint density at radius 1 is 1.29 bits per heavy atom. The van der Waals surface area contributed by atoms with Crippen molar-refractivity contribution < 1.29 is 27.5 Å². The number of carbonyl (C=O) groups is 1. The summed E-state index contributed by atoms with van der Waals surface area (Å²) in [5.74, 6) is 0.166. The summed E-state index contributed by atoms with van der Waals surface area (Å²) >= 11 is 0. The van der Waals surface area contributed by atoms with Crippen LogP contribution in [-0.2, 0) is 11.0 Å². The monoisotopic (exact) mass is 339 g/mol. The number of hydrogen-bond donors (Lipinski definition) is 2. The fourth-order valence-corrected chi connectivity index (χ4v) is 2.79. The van der Waals surface area contributed by atoms with Crippen molar-refractivity contribution in [1.29, 1.82) is 0 Å². The Labute approximate surface area is 136 Å². The van der Waals surface area contributed by atoms with Gasteiger partial charge in [-0.1, -0.05) is 18.2 Å². The lowest BCUT2D eigenvalue weighted by Gasteiger charge is -2.17. The molecule has 0 saturated heterocycles. The normalized spacial score (nSPS) is 21.3. The van der Waals surface area contributed by atoms with Crippen molar-refractivity contribution in [2.24, 2.45) is 5.92 Å². The van der Waals surface area contributed by atoms with Crippen LogP contribution in [-0.4, -0.2) is 17.6 Å². The zero-order chi connectivity index (χ0) is 17.3. The number of rotatable bonds is 5. The zero-order valence-corrected chi connectivity index (χ0v) is 12.6. The molecule has 2 N–H and O–H groups in total. The molecule has 0 bridgehead atoms. The van der Waals surface area contributed by atoms with E-state index >= 15 is 0 Å². The van der Waals surface area contributed by atoms with Gasteiger partial charge in [0.25, 0.3) is 0 Å². The van der Waals surface area contributed by atoms with Gasteiger partial charge in [-0.15, -0.1) is 0 Å².